The molecule has 15 heavy (non-hydrogen) atoms. The van der Waals surface area contributed by atoms with Crippen LogP contribution in [0, 0.1) is 0 Å². The Morgan fingerprint density at radius 2 is 2.20 bits per heavy atom. The molecule has 5 heteroatoms. The smallest absolute Gasteiger partial charge is 0.286 e. The molecule has 0 radical (unpaired) electrons. The third kappa shape index (κ3) is 2.30. The number of hydrogen-bond acceptors (Lipinski definition) is 4. The zero-order valence-corrected chi connectivity index (χ0v) is 8.71. The van der Waals surface area contributed by atoms with Crippen LogP contribution in [0.3, 0.4) is 0 Å². The maximum absolute atomic E-state index is 11.3. The van der Waals surface area contributed by atoms with E-state index in [0.29, 0.717) is 12.1 Å². The minimum atomic E-state index is -0.320. The van der Waals surface area contributed by atoms with Gasteiger partial charge in [-0.2, -0.15) is 0 Å². The number of imide groups is 1. The van der Waals surface area contributed by atoms with E-state index in [-0.39, 0.29) is 16.4 Å². The molecule has 1 aromatic rings. The van der Waals surface area contributed by atoms with Gasteiger partial charge in [0.05, 0.1) is 5.25 Å². The molecule has 0 bridgehead atoms. The lowest BCUT2D eigenvalue weighted by Gasteiger charge is -2.05. The molecule has 1 fully saturated rings. The van der Waals surface area contributed by atoms with Gasteiger partial charge in [-0.05, 0) is 24.1 Å². The van der Waals surface area contributed by atoms with E-state index < -0.39 is 0 Å². The number of anilines is 1. The molecule has 0 saturated carbocycles. The third-order valence-electron chi connectivity index (χ3n) is 2.14. The second-order valence-corrected chi connectivity index (χ2v) is 4.51. The number of hydrogen-bond donors (Lipinski definition) is 2. The molecule has 0 unspecified atom stereocenters. The van der Waals surface area contributed by atoms with Gasteiger partial charge in [0.1, 0.15) is 0 Å². The van der Waals surface area contributed by atoms with Crippen LogP contribution in [0.4, 0.5) is 10.5 Å². The monoisotopic (exact) mass is 222 g/mol. The van der Waals surface area contributed by atoms with E-state index >= 15 is 0 Å². The largest absolute Gasteiger partial charge is 0.399 e. The second kappa shape index (κ2) is 3.94. The minimum Gasteiger partial charge on any atom is -0.399 e. The Labute approximate surface area is 91.2 Å². The van der Waals surface area contributed by atoms with Crippen LogP contribution in [0.25, 0.3) is 0 Å². The van der Waals surface area contributed by atoms with E-state index in [1.165, 1.54) is 0 Å². The molecule has 0 aliphatic carbocycles. The number of thioether (sulfide) groups is 1. The zero-order chi connectivity index (χ0) is 10.8. The van der Waals surface area contributed by atoms with E-state index in [2.05, 4.69) is 5.32 Å². The second-order valence-electron chi connectivity index (χ2n) is 3.33. The predicted octanol–water partition coefficient (Wildman–Crippen LogP) is 1.16. The van der Waals surface area contributed by atoms with Crippen LogP contribution in [-0.2, 0) is 11.2 Å². The minimum absolute atomic E-state index is 0.215. The van der Waals surface area contributed by atoms with Crippen molar-refractivity contribution in [3.05, 3.63) is 29.8 Å². The van der Waals surface area contributed by atoms with Gasteiger partial charge in [0.15, 0.2) is 0 Å². The number of carbonyl (C=O) groups is 2. The van der Waals surface area contributed by atoms with Crippen LogP contribution >= 0.6 is 11.8 Å². The Morgan fingerprint density at radius 3 is 2.80 bits per heavy atom. The Hall–Kier alpha value is -1.49. The highest BCUT2D eigenvalue weighted by atomic mass is 32.2. The maximum Gasteiger partial charge on any atom is 0.286 e. The van der Waals surface area contributed by atoms with Gasteiger partial charge in [-0.1, -0.05) is 23.9 Å². The summed E-state index contributed by atoms with van der Waals surface area (Å²) in [4.78, 5) is 22.2. The molecule has 78 valence electrons. The van der Waals surface area contributed by atoms with E-state index in [4.69, 9.17) is 5.73 Å². The van der Waals surface area contributed by atoms with Gasteiger partial charge < -0.3 is 5.73 Å². The predicted molar refractivity (Wildman–Crippen MR) is 59.5 cm³/mol. The summed E-state index contributed by atoms with van der Waals surface area (Å²) in [6, 6.07) is 7.34. The maximum atomic E-state index is 11.3. The number of nitrogens with two attached hydrogens (primary N) is 1. The first-order valence-electron chi connectivity index (χ1n) is 4.51. The highest BCUT2D eigenvalue weighted by Gasteiger charge is 2.31. The van der Waals surface area contributed by atoms with E-state index in [1.807, 2.05) is 18.2 Å². The molecule has 3 N–H and O–H groups in total. The molecule has 1 aliphatic rings. The average molecular weight is 222 g/mol. The summed E-state index contributed by atoms with van der Waals surface area (Å²) in [5.41, 5.74) is 7.26. The van der Waals surface area contributed by atoms with Crippen molar-refractivity contribution in [3.8, 4) is 0 Å². The van der Waals surface area contributed by atoms with E-state index in [9.17, 15) is 9.59 Å². The SMILES string of the molecule is Nc1cccc(C[C@H]2SC(=O)NC2=O)c1. The van der Waals surface area contributed by atoms with Crippen LogP contribution in [-0.4, -0.2) is 16.4 Å². The Balaban J connectivity index is 2.09. The van der Waals surface area contributed by atoms with Gasteiger partial charge in [-0.3, -0.25) is 14.9 Å². The van der Waals surface area contributed by atoms with Crippen molar-refractivity contribution >= 4 is 28.6 Å². The summed E-state index contributed by atoms with van der Waals surface area (Å²) in [6.07, 6.45) is 0.535. The highest BCUT2D eigenvalue weighted by Crippen LogP contribution is 2.23. The zero-order valence-electron chi connectivity index (χ0n) is 7.90. The quantitative estimate of drug-likeness (QED) is 0.737. The van der Waals surface area contributed by atoms with Crippen LogP contribution in [0.5, 0.6) is 0 Å². The van der Waals surface area contributed by atoms with Crippen LogP contribution in [0.1, 0.15) is 5.56 Å². The lowest BCUT2D eigenvalue weighted by atomic mass is 10.1. The first-order chi connectivity index (χ1) is 7.15. The van der Waals surface area contributed by atoms with Gasteiger partial charge in [0, 0.05) is 5.69 Å². The molecule has 1 aromatic carbocycles. The Kier molecular flexibility index (Phi) is 2.64. The molecule has 0 aromatic heterocycles. The number of carbonyl (C=O) groups excluding carboxylic acids is 2. The van der Waals surface area contributed by atoms with Gasteiger partial charge in [-0.15, -0.1) is 0 Å². The summed E-state index contributed by atoms with van der Waals surface area (Å²) >= 11 is 1.03. The van der Waals surface area contributed by atoms with Gasteiger partial charge in [0.25, 0.3) is 5.24 Å². The van der Waals surface area contributed by atoms with Crippen molar-refractivity contribution in [2.75, 3.05) is 5.73 Å². The van der Waals surface area contributed by atoms with Crippen molar-refractivity contribution < 1.29 is 9.59 Å². The molecule has 1 heterocycles. The summed E-state index contributed by atoms with van der Waals surface area (Å²) in [5, 5.41) is 1.67. The van der Waals surface area contributed by atoms with Gasteiger partial charge in [-0.25, -0.2) is 0 Å². The number of amides is 2. The molecular formula is C10H10N2O2S. The number of nitrogen functional groups attached to an aromatic ring is 1. The first-order valence-corrected chi connectivity index (χ1v) is 5.39. The first kappa shape index (κ1) is 10.0. The van der Waals surface area contributed by atoms with Crippen molar-refractivity contribution in [2.45, 2.75) is 11.7 Å². The summed E-state index contributed by atoms with van der Waals surface area (Å²) in [7, 11) is 0. The van der Waals surface area contributed by atoms with Crippen molar-refractivity contribution in [3.63, 3.8) is 0 Å². The molecule has 2 amide bonds. The average Bonchev–Trinajstić information content (AvgIpc) is 2.45. The number of rotatable bonds is 2. The topological polar surface area (TPSA) is 72.2 Å². The van der Waals surface area contributed by atoms with E-state index in [1.54, 1.807) is 6.07 Å². The lowest BCUT2D eigenvalue weighted by Crippen LogP contribution is -2.25. The molecule has 0 spiro atoms. The fourth-order valence-corrected chi connectivity index (χ4v) is 2.32. The van der Waals surface area contributed by atoms with Crippen molar-refractivity contribution in [2.24, 2.45) is 0 Å². The fourth-order valence-electron chi connectivity index (χ4n) is 1.46. The highest BCUT2D eigenvalue weighted by molar-refractivity contribution is 8.15. The molecule has 1 saturated heterocycles. The van der Waals surface area contributed by atoms with E-state index in [0.717, 1.165) is 17.3 Å². The van der Waals surface area contributed by atoms with Crippen LogP contribution in [0.15, 0.2) is 24.3 Å². The molecule has 1 aliphatic heterocycles. The summed E-state index contributed by atoms with van der Waals surface area (Å²) in [6.45, 7) is 0. The number of nitrogens with one attached hydrogen (secondary N) is 1. The molecular weight excluding hydrogens is 212 g/mol. The van der Waals surface area contributed by atoms with Gasteiger partial charge >= 0.3 is 0 Å². The van der Waals surface area contributed by atoms with Crippen LogP contribution < -0.4 is 11.1 Å². The Bertz CT molecular complexity index is 420. The summed E-state index contributed by atoms with van der Waals surface area (Å²) in [5.74, 6) is -0.215. The Morgan fingerprint density at radius 1 is 1.40 bits per heavy atom. The van der Waals surface area contributed by atoms with Crippen molar-refractivity contribution in [1.82, 2.24) is 5.32 Å². The van der Waals surface area contributed by atoms with Crippen molar-refractivity contribution in [1.29, 1.82) is 0 Å². The molecule has 1 atom stereocenters. The standard InChI is InChI=1S/C10H10N2O2S/c11-7-3-1-2-6(4-7)5-8-9(13)12-10(14)15-8/h1-4,8H,5,11H2,(H,12,13,14)/t8-/m1/s1. The lowest BCUT2D eigenvalue weighted by molar-refractivity contribution is -0.118. The van der Waals surface area contributed by atoms with Gasteiger partial charge in [0.2, 0.25) is 5.91 Å². The number of benzene rings is 1. The summed E-state index contributed by atoms with van der Waals surface area (Å²) < 4.78 is 0. The fraction of sp³-hybridized carbons (Fsp3) is 0.200. The van der Waals surface area contributed by atoms with Crippen LogP contribution in [0.2, 0.25) is 0 Å². The normalized spacial score (nSPS) is 20.4. The molecule has 4 nitrogen and oxygen atoms in total. The molecule has 2 rings (SSSR count). The third-order valence-corrected chi connectivity index (χ3v) is 3.12.